The lowest BCUT2D eigenvalue weighted by atomic mass is 10.1. The zero-order valence-corrected chi connectivity index (χ0v) is 9.34. The molecule has 0 saturated heterocycles. The molecular weight excluding hydrogens is 236 g/mol. The summed E-state index contributed by atoms with van der Waals surface area (Å²) in [5.74, 6) is -0.414. The van der Waals surface area contributed by atoms with Gasteiger partial charge in [-0.05, 0) is 0 Å². The van der Waals surface area contributed by atoms with Crippen molar-refractivity contribution in [2.24, 2.45) is 0 Å². The summed E-state index contributed by atoms with van der Waals surface area (Å²) < 4.78 is 0. The molecule has 0 atom stereocenters. The Morgan fingerprint density at radius 2 is 2.28 bits per heavy atom. The number of carboxylic acid groups (broad SMARTS) is 1. The van der Waals surface area contributed by atoms with Gasteiger partial charge in [0.25, 0.3) is 0 Å². The molecule has 0 spiro atoms. The first-order chi connectivity index (χ1) is 8.75. The molecule has 0 radical (unpaired) electrons. The molecular formula is C10H10N6O2. The number of nitrogens with zero attached hydrogens (tertiary/aromatic N) is 4. The van der Waals surface area contributed by atoms with E-state index in [2.05, 4.69) is 30.5 Å². The van der Waals surface area contributed by atoms with Gasteiger partial charge in [-0.1, -0.05) is 0 Å². The minimum Gasteiger partial charge on any atom is -0.476 e. The average molecular weight is 246 g/mol. The Kier molecular flexibility index (Phi) is 2.49. The number of fused-ring (bicyclic) bond motifs is 1. The topological polar surface area (TPSA) is 117 Å². The monoisotopic (exact) mass is 246 g/mol. The van der Waals surface area contributed by atoms with Gasteiger partial charge in [0, 0.05) is 25.1 Å². The average Bonchev–Trinajstić information content (AvgIpc) is 2.91. The van der Waals surface area contributed by atoms with Crippen molar-refractivity contribution in [2.45, 2.75) is 13.0 Å². The normalized spacial score (nSPS) is 14.2. The quantitative estimate of drug-likeness (QED) is 0.660. The molecule has 0 amide bonds. The highest BCUT2D eigenvalue weighted by Crippen LogP contribution is 2.19. The van der Waals surface area contributed by atoms with E-state index in [9.17, 15) is 9.90 Å². The number of aromatic nitrogens is 5. The van der Waals surface area contributed by atoms with Crippen molar-refractivity contribution in [3.8, 4) is 11.6 Å². The zero-order valence-electron chi connectivity index (χ0n) is 9.34. The lowest BCUT2D eigenvalue weighted by molar-refractivity contribution is 0.0688. The fraction of sp³-hybridized carbons (Fsp3) is 0.300. The van der Waals surface area contributed by atoms with Crippen LogP contribution in [0.15, 0.2) is 6.33 Å². The molecule has 3 heterocycles. The van der Waals surface area contributed by atoms with Gasteiger partial charge in [0.2, 0.25) is 0 Å². The van der Waals surface area contributed by atoms with Crippen molar-refractivity contribution >= 4 is 5.97 Å². The van der Waals surface area contributed by atoms with E-state index in [1.54, 1.807) is 0 Å². The first-order valence-electron chi connectivity index (χ1n) is 5.45. The molecule has 1 aliphatic rings. The van der Waals surface area contributed by atoms with Crippen LogP contribution in [0.2, 0.25) is 0 Å². The van der Waals surface area contributed by atoms with Gasteiger partial charge in [-0.15, -0.1) is 0 Å². The van der Waals surface area contributed by atoms with Crippen LogP contribution in [0.1, 0.15) is 21.7 Å². The van der Waals surface area contributed by atoms with Crippen LogP contribution in [0, 0.1) is 0 Å². The Balaban J connectivity index is 2.18. The molecule has 8 nitrogen and oxygen atoms in total. The SMILES string of the molecule is O=C(O)c1nc(-c2ncn[nH]2)nc2c1CNCC2. The number of rotatable bonds is 2. The van der Waals surface area contributed by atoms with Gasteiger partial charge in [-0.25, -0.2) is 19.7 Å². The van der Waals surface area contributed by atoms with Gasteiger partial charge < -0.3 is 10.4 Å². The second-order valence-electron chi connectivity index (χ2n) is 3.89. The standard InChI is InChI=1S/C10H10N6O2/c17-10(18)7-5-3-11-2-1-6(5)14-9(15-7)8-12-4-13-16-8/h4,11H,1-3H2,(H,17,18)(H,12,13,16). The minimum atomic E-state index is -1.06. The van der Waals surface area contributed by atoms with Crippen LogP contribution in [0.4, 0.5) is 0 Å². The Bertz CT molecular complexity index is 595. The van der Waals surface area contributed by atoms with E-state index in [-0.39, 0.29) is 11.5 Å². The highest BCUT2D eigenvalue weighted by molar-refractivity contribution is 5.87. The molecule has 2 aromatic heterocycles. The fourth-order valence-electron chi connectivity index (χ4n) is 1.94. The van der Waals surface area contributed by atoms with E-state index in [0.717, 1.165) is 12.2 Å². The van der Waals surface area contributed by atoms with Crippen molar-refractivity contribution in [3.05, 3.63) is 23.3 Å². The first-order valence-corrected chi connectivity index (χ1v) is 5.45. The largest absolute Gasteiger partial charge is 0.476 e. The van der Waals surface area contributed by atoms with Gasteiger partial charge in [-0.2, -0.15) is 5.10 Å². The van der Waals surface area contributed by atoms with Crippen LogP contribution < -0.4 is 5.32 Å². The van der Waals surface area contributed by atoms with Crippen LogP contribution in [0.25, 0.3) is 11.6 Å². The first kappa shape index (κ1) is 10.8. The molecule has 0 unspecified atom stereocenters. The molecule has 3 rings (SSSR count). The van der Waals surface area contributed by atoms with Crippen molar-refractivity contribution < 1.29 is 9.90 Å². The Labute approximate surface area is 102 Å². The maximum atomic E-state index is 11.2. The molecule has 0 saturated carbocycles. The summed E-state index contributed by atoms with van der Waals surface area (Å²) in [5, 5.41) is 18.7. The molecule has 1 aliphatic heterocycles. The second kappa shape index (κ2) is 4.15. The third kappa shape index (κ3) is 1.72. The maximum Gasteiger partial charge on any atom is 0.354 e. The van der Waals surface area contributed by atoms with Gasteiger partial charge in [0.1, 0.15) is 6.33 Å². The number of hydrogen-bond acceptors (Lipinski definition) is 6. The van der Waals surface area contributed by atoms with Gasteiger partial charge in [0.15, 0.2) is 17.3 Å². The van der Waals surface area contributed by atoms with Crippen LogP contribution in [-0.2, 0) is 13.0 Å². The zero-order chi connectivity index (χ0) is 12.5. The Hall–Kier alpha value is -2.35. The summed E-state index contributed by atoms with van der Waals surface area (Å²) in [5.41, 5.74) is 1.43. The summed E-state index contributed by atoms with van der Waals surface area (Å²) in [6.45, 7) is 1.26. The van der Waals surface area contributed by atoms with E-state index in [0.29, 0.717) is 24.4 Å². The summed E-state index contributed by atoms with van der Waals surface area (Å²) in [7, 11) is 0. The molecule has 18 heavy (non-hydrogen) atoms. The van der Waals surface area contributed by atoms with E-state index in [4.69, 9.17) is 0 Å². The van der Waals surface area contributed by atoms with Crippen molar-refractivity contribution in [1.29, 1.82) is 0 Å². The number of carbonyl (C=O) groups is 1. The number of hydrogen-bond donors (Lipinski definition) is 3. The van der Waals surface area contributed by atoms with Gasteiger partial charge >= 0.3 is 5.97 Å². The molecule has 8 heteroatoms. The van der Waals surface area contributed by atoms with Crippen molar-refractivity contribution in [2.75, 3.05) is 6.54 Å². The third-order valence-corrected chi connectivity index (χ3v) is 2.76. The summed E-state index contributed by atoms with van der Waals surface area (Å²) in [4.78, 5) is 23.6. The second-order valence-corrected chi connectivity index (χ2v) is 3.89. The predicted molar refractivity (Wildman–Crippen MR) is 59.8 cm³/mol. The smallest absolute Gasteiger partial charge is 0.354 e. The molecule has 92 valence electrons. The number of nitrogens with one attached hydrogen (secondary N) is 2. The maximum absolute atomic E-state index is 11.2. The lowest BCUT2D eigenvalue weighted by Gasteiger charge is -2.17. The third-order valence-electron chi connectivity index (χ3n) is 2.76. The molecule has 0 fully saturated rings. The van der Waals surface area contributed by atoms with Gasteiger partial charge in [0.05, 0.1) is 5.69 Å². The molecule has 2 aromatic rings. The molecule has 3 N–H and O–H groups in total. The molecule has 0 bridgehead atoms. The van der Waals surface area contributed by atoms with Crippen LogP contribution in [0.3, 0.4) is 0 Å². The summed E-state index contributed by atoms with van der Waals surface area (Å²) in [6.07, 6.45) is 2.01. The summed E-state index contributed by atoms with van der Waals surface area (Å²) >= 11 is 0. The van der Waals surface area contributed by atoms with Crippen molar-refractivity contribution in [1.82, 2.24) is 30.5 Å². The number of aromatic amines is 1. The van der Waals surface area contributed by atoms with E-state index >= 15 is 0 Å². The minimum absolute atomic E-state index is 0.0265. The number of carboxylic acids is 1. The Morgan fingerprint density at radius 1 is 1.39 bits per heavy atom. The lowest BCUT2D eigenvalue weighted by Crippen LogP contribution is -2.28. The fourth-order valence-corrected chi connectivity index (χ4v) is 1.94. The molecule has 0 aliphatic carbocycles. The van der Waals surface area contributed by atoms with Crippen LogP contribution >= 0.6 is 0 Å². The number of H-pyrrole nitrogens is 1. The highest BCUT2D eigenvalue weighted by Gasteiger charge is 2.22. The van der Waals surface area contributed by atoms with Gasteiger partial charge in [-0.3, -0.25) is 5.10 Å². The van der Waals surface area contributed by atoms with Crippen molar-refractivity contribution in [3.63, 3.8) is 0 Å². The highest BCUT2D eigenvalue weighted by atomic mass is 16.4. The number of aromatic carboxylic acids is 1. The predicted octanol–water partition coefficient (Wildman–Crippen LogP) is -0.394. The summed E-state index contributed by atoms with van der Waals surface area (Å²) in [6, 6.07) is 0. The van der Waals surface area contributed by atoms with E-state index in [1.807, 2.05) is 0 Å². The van der Waals surface area contributed by atoms with E-state index < -0.39 is 5.97 Å². The Morgan fingerprint density at radius 3 is 3.00 bits per heavy atom. The molecule has 0 aromatic carbocycles. The van der Waals surface area contributed by atoms with Crippen LogP contribution in [0.5, 0.6) is 0 Å². The van der Waals surface area contributed by atoms with Crippen LogP contribution in [-0.4, -0.2) is 42.8 Å². The van der Waals surface area contributed by atoms with E-state index in [1.165, 1.54) is 6.33 Å².